The molecule has 1 aliphatic carbocycles. The fraction of sp³-hybridized carbons (Fsp3) is 0.647. The summed E-state index contributed by atoms with van der Waals surface area (Å²) < 4.78 is 42.3. The van der Waals surface area contributed by atoms with E-state index in [4.69, 9.17) is 11.6 Å². The van der Waals surface area contributed by atoms with Crippen molar-refractivity contribution < 1.29 is 18.4 Å². The van der Waals surface area contributed by atoms with Crippen LogP contribution in [0.4, 0.5) is 8.78 Å². The molecule has 24 heavy (non-hydrogen) atoms. The molecule has 2 atom stereocenters. The van der Waals surface area contributed by atoms with E-state index >= 15 is 0 Å². The first-order valence-electron chi connectivity index (χ1n) is 8.03. The van der Waals surface area contributed by atoms with E-state index in [2.05, 4.69) is 4.72 Å². The zero-order chi connectivity index (χ0) is 18.1. The zero-order valence-electron chi connectivity index (χ0n) is 14.1. The molecule has 0 amide bonds. The highest BCUT2D eigenvalue weighted by molar-refractivity contribution is 7.90. The summed E-state index contributed by atoms with van der Waals surface area (Å²) in [6.07, 6.45) is -0.143. The molecule has 3 nitrogen and oxygen atoms in total. The first-order chi connectivity index (χ1) is 11.0. The third-order valence-electron chi connectivity index (χ3n) is 4.39. The van der Waals surface area contributed by atoms with Crippen molar-refractivity contribution in [3.8, 4) is 0 Å². The number of hydrogen-bond acceptors (Lipinski definition) is 3. The highest BCUT2D eigenvalue weighted by Crippen LogP contribution is 2.42. The Labute approximate surface area is 150 Å². The van der Waals surface area contributed by atoms with E-state index < -0.39 is 39.7 Å². The van der Waals surface area contributed by atoms with E-state index in [1.54, 1.807) is 26.8 Å². The first-order valence-corrected chi connectivity index (χ1v) is 9.56. The topological polar surface area (TPSA) is 55.3 Å². The van der Waals surface area contributed by atoms with Crippen LogP contribution in [0.5, 0.6) is 0 Å². The first kappa shape index (κ1) is 19.9. The van der Waals surface area contributed by atoms with Gasteiger partial charge in [0.25, 0.3) is 0 Å². The molecule has 0 aliphatic heterocycles. The summed E-state index contributed by atoms with van der Waals surface area (Å²) in [5.74, 6) is -0.606. The molecule has 1 fully saturated rings. The van der Waals surface area contributed by atoms with E-state index in [9.17, 15) is 18.4 Å². The van der Waals surface area contributed by atoms with Gasteiger partial charge in [0.15, 0.2) is 0 Å². The van der Waals surface area contributed by atoms with Gasteiger partial charge in [-0.2, -0.15) is 0 Å². The highest BCUT2D eigenvalue weighted by Gasteiger charge is 2.45. The maximum absolute atomic E-state index is 13.9. The number of halogens is 3. The van der Waals surface area contributed by atoms with E-state index in [-0.39, 0.29) is 30.7 Å². The molecule has 1 unspecified atom stereocenters. The predicted octanol–water partition coefficient (Wildman–Crippen LogP) is 4.22. The molecule has 0 saturated heterocycles. The highest BCUT2D eigenvalue weighted by atomic mass is 35.5. The zero-order valence-corrected chi connectivity index (χ0v) is 15.7. The number of nitrogens with one attached hydrogen (secondary N) is 1. The second-order valence-corrected chi connectivity index (χ2v) is 9.73. The summed E-state index contributed by atoms with van der Waals surface area (Å²) >= 11 is 4.59. The van der Waals surface area contributed by atoms with E-state index in [1.165, 1.54) is 12.1 Å². The summed E-state index contributed by atoms with van der Waals surface area (Å²) in [5, 5.41) is 11.0. The average molecular weight is 380 g/mol. The second-order valence-electron chi connectivity index (χ2n) is 7.35. The second kappa shape index (κ2) is 7.46. The summed E-state index contributed by atoms with van der Waals surface area (Å²) in [5.41, 5.74) is -0.991. The molecule has 1 saturated carbocycles. The molecular formula is C17H24ClF2NO2S. The fourth-order valence-corrected chi connectivity index (χ4v) is 4.01. The molecule has 136 valence electrons. The smallest absolute Gasteiger partial charge is 0.142 e. The summed E-state index contributed by atoms with van der Waals surface area (Å²) in [7, 11) is 0. The SMILES string of the molecule is CC(C)(C)[S+]([O-])N[C@@H](c1cccc(F)c1Cl)[C@]1(O)CC[C@@H](F)CC1. The molecule has 2 N–H and O–H groups in total. The van der Waals surface area contributed by atoms with Crippen LogP contribution in [0.2, 0.25) is 5.02 Å². The quantitative estimate of drug-likeness (QED) is 0.770. The van der Waals surface area contributed by atoms with Gasteiger partial charge >= 0.3 is 0 Å². The number of benzene rings is 1. The van der Waals surface area contributed by atoms with Gasteiger partial charge in [-0.3, -0.25) is 0 Å². The van der Waals surface area contributed by atoms with Crippen molar-refractivity contribution in [2.75, 3.05) is 0 Å². The Kier molecular flexibility index (Phi) is 6.19. The van der Waals surface area contributed by atoms with E-state index in [1.807, 2.05) is 0 Å². The summed E-state index contributed by atoms with van der Waals surface area (Å²) in [6, 6.07) is 3.48. The molecule has 7 heteroatoms. The standard InChI is InChI=1S/C17H24ClF2NO2S/c1-16(2,3)24(23)21-15(12-5-4-6-13(20)14(12)18)17(22)9-7-11(19)8-10-17/h4-6,11,15,21-22H,7-10H2,1-3H3/t11-,15-,17+,24?/m0/s1. The van der Waals surface area contributed by atoms with Gasteiger partial charge in [-0.25, -0.2) is 8.78 Å². The van der Waals surface area contributed by atoms with Crippen LogP contribution >= 0.6 is 11.6 Å². The minimum atomic E-state index is -1.50. The van der Waals surface area contributed by atoms with Crippen molar-refractivity contribution in [2.24, 2.45) is 0 Å². The van der Waals surface area contributed by atoms with Gasteiger partial charge in [0.2, 0.25) is 0 Å². The van der Waals surface area contributed by atoms with Crippen molar-refractivity contribution in [3.63, 3.8) is 0 Å². The molecule has 0 radical (unpaired) electrons. The van der Waals surface area contributed by atoms with Crippen LogP contribution < -0.4 is 4.72 Å². The van der Waals surface area contributed by atoms with Crippen LogP contribution in [0, 0.1) is 5.82 Å². The van der Waals surface area contributed by atoms with Crippen LogP contribution in [0.25, 0.3) is 0 Å². The molecule has 0 spiro atoms. The summed E-state index contributed by atoms with van der Waals surface area (Å²) in [6.45, 7) is 5.38. The lowest BCUT2D eigenvalue weighted by atomic mass is 9.76. The third kappa shape index (κ3) is 4.41. The fourth-order valence-electron chi connectivity index (χ4n) is 2.86. The van der Waals surface area contributed by atoms with Gasteiger partial charge in [0.05, 0.1) is 10.6 Å². The van der Waals surface area contributed by atoms with Gasteiger partial charge in [-0.1, -0.05) is 23.7 Å². The Bertz CT molecular complexity index is 574. The predicted molar refractivity (Wildman–Crippen MR) is 93.5 cm³/mol. The lowest BCUT2D eigenvalue weighted by Crippen LogP contribution is -2.51. The van der Waals surface area contributed by atoms with E-state index in [0.29, 0.717) is 5.56 Å². The molecule has 1 aromatic carbocycles. The van der Waals surface area contributed by atoms with Gasteiger partial charge in [0, 0.05) is 11.4 Å². The van der Waals surface area contributed by atoms with Crippen molar-refractivity contribution >= 4 is 23.0 Å². The Hall–Kier alpha value is -0.400. The molecule has 1 aromatic rings. The monoisotopic (exact) mass is 379 g/mol. The van der Waals surface area contributed by atoms with Gasteiger partial charge in [0.1, 0.15) is 22.8 Å². The van der Waals surface area contributed by atoms with Crippen LogP contribution in [0.3, 0.4) is 0 Å². The number of hydrogen-bond donors (Lipinski definition) is 2. The molecule has 2 rings (SSSR count). The van der Waals surface area contributed by atoms with Gasteiger partial charge < -0.3 is 9.66 Å². The van der Waals surface area contributed by atoms with Crippen LogP contribution in [-0.2, 0) is 11.4 Å². The molecule has 0 aromatic heterocycles. The third-order valence-corrected chi connectivity index (χ3v) is 6.35. The minimum absolute atomic E-state index is 0.114. The van der Waals surface area contributed by atoms with Crippen LogP contribution in [0.15, 0.2) is 18.2 Å². The van der Waals surface area contributed by atoms with Gasteiger partial charge in [-0.15, -0.1) is 4.72 Å². The Morgan fingerprint density at radius 2 is 1.96 bits per heavy atom. The van der Waals surface area contributed by atoms with E-state index in [0.717, 1.165) is 0 Å². The molecule has 0 heterocycles. The number of alkyl halides is 1. The maximum atomic E-state index is 13.9. The largest absolute Gasteiger partial charge is 0.598 e. The minimum Gasteiger partial charge on any atom is -0.598 e. The Morgan fingerprint density at radius 1 is 1.38 bits per heavy atom. The number of aliphatic hydroxyl groups is 1. The van der Waals surface area contributed by atoms with Crippen molar-refractivity contribution in [2.45, 2.75) is 69.0 Å². The van der Waals surface area contributed by atoms with Crippen LogP contribution in [0.1, 0.15) is 58.1 Å². The lowest BCUT2D eigenvalue weighted by Gasteiger charge is -2.41. The lowest BCUT2D eigenvalue weighted by molar-refractivity contribution is -0.0408. The van der Waals surface area contributed by atoms with Crippen LogP contribution in [-0.4, -0.2) is 26.2 Å². The normalized spacial score (nSPS) is 27.8. The molecule has 0 bridgehead atoms. The number of rotatable bonds is 4. The maximum Gasteiger partial charge on any atom is 0.142 e. The van der Waals surface area contributed by atoms with Gasteiger partial charge in [-0.05, 0) is 58.1 Å². The molecule has 1 aliphatic rings. The Morgan fingerprint density at radius 3 is 2.50 bits per heavy atom. The average Bonchev–Trinajstić information content (AvgIpc) is 2.50. The molecular weight excluding hydrogens is 356 g/mol. The van der Waals surface area contributed by atoms with Crippen molar-refractivity contribution in [1.29, 1.82) is 0 Å². The van der Waals surface area contributed by atoms with Crippen molar-refractivity contribution in [3.05, 3.63) is 34.6 Å². The Balaban J connectivity index is 2.40. The summed E-state index contributed by atoms with van der Waals surface area (Å²) in [4.78, 5) is 0. The van der Waals surface area contributed by atoms with Crippen molar-refractivity contribution in [1.82, 2.24) is 4.72 Å².